The van der Waals surface area contributed by atoms with E-state index in [1.807, 2.05) is 40.1 Å². The summed E-state index contributed by atoms with van der Waals surface area (Å²) in [6.45, 7) is 7.84. The lowest BCUT2D eigenvalue weighted by molar-refractivity contribution is -0.137. The molecule has 5 heterocycles. The molecule has 42 heavy (non-hydrogen) atoms. The maximum absolute atomic E-state index is 13.9. The molecular formula is C32H48N6O4. The van der Waals surface area contributed by atoms with Gasteiger partial charge in [0.15, 0.2) is 0 Å². The van der Waals surface area contributed by atoms with E-state index in [0.29, 0.717) is 64.0 Å². The molecule has 5 fully saturated rings. The Labute approximate surface area is 249 Å². The Balaban J connectivity index is 1.33. The van der Waals surface area contributed by atoms with Gasteiger partial charge in [0.2, 0.25) is 17.7 Å². The zero-order valence-electron chi connectivity index (χ0n) is 25.3. The molecule has 6 rings (SSSR count). The Bertz CT molecular complexity index is 1110. The van der Waals surface area contributed by atoms with Crippen LogP contribution in [-0.4, -0.2) is 107 Å². The van der Waals surface area contributed by atoms with E-state index in [2.05, 4.69) is 34.7 Å². The van der Waals surface area contributed by atoms with Gasteiger partial charge in [-0.3, -0.25) is 24.1 Å². The highest BCUT2D eigenvalue weighted by atomic mass is 16.2. The lowest BCUT2D eigenvalue weighted by atomic mass is 9.83. The first-order valence-corrected chi connectivity index (χ1v) is 16.0. The molecule has 1 aromatic carbocycles. The van der Waals surface area contributed by atoms with Crippen molar-refractivity contribution < 1.29 is 19.2 Å². The predicted octanol–water partition coefficient (Wildman–Crippen LogP) is 1.90. The fraction of sp³-hybridized carbons (Fsp3) is 0.688. The van der Waals surface area contributed by atoms with Crippen LogP contribution in [0.4, 0.5) is 0 Å². The van der Waals surface area contributed by atoms with E-state index in [0.717, 1.165) is 32.2 Å². The van der Waals surface area contributed by atoms with Crippen molar-refractivity contribution in [1.82, 2.24) is 30.7 Å². The molecule has 0 saturated carbocycles. The van der Waals surface area contributed by atoms with E-state index in [1.165, 1.54) is 0 Å². The highest BCUT2D eigenvalue weighted by molar-refractivity contribution is 5.94. The topological polar surface area (TPSA) is 114 Å². The van der Waals surface area contributed by atoms with E-state index in [1.54, 1.807) is 0 Å². The summed E-state index contributed by atoms with van der Waals surface area (Å²) >= 11 is 0. The second kappa shape index (κ2) is 13.5. The fourth-order valence-electron chi connectivity index (χ4n) is 7.32. The largest absolute Gasteiger partial charge is 0.356 e. The van der Waals surface area contributed by atoms with Crippen molar-refractivity contribution >= 4 is 23.6 Å². The maximum Gasteiger partial charge on any atom is 0.253 e. The number of likely N-dealkylation sites (tertiary alicyclic amines) is 1. The normalized spacial score (nSPS) is 26.7. The van der Waals surface area contributed by atoms with Gasteiger partial charge in [0.1, 0.15) is 0 Å². The molecule has 2 atom stereocenters. The van der Waals surface area contributed by atoms with E-state index < -0.39 is 5.54 Å². The summed E-state index contributed by atoms with van der Waals surface area (Å²) in [7, 11) is 0. The van der Waals surface area contributed by atoms with Crippen LogP contribution in [0.25, 0.3) is 0 Å². The van der Waals surface area contributed by atoms with Crippen LogP contribution in [0.5, 0.6) is 0 Å². The van der Waals surface area contributed by atoms with Crippen LogP contribution in [0.1, 0.15) is 82.0 Å². The van der Waals surface area contributed by atoms with Gasteiger partial charge >= 0.3 is 0 Å². The van der Waals surface area contributed by atoms with Gasteiger partial charge in [0.25, 0.3) is 5.91 Å². The minimum Gasteiger partial charge on any atom is -0.356 e. The van der Waals surface area contributed by atoms with Gasteiger partial charge in [-0.05, 0) is 70.0 Å². The van der Waals surface area contributed by atoms with E-state index in [-0.39, 0.29) is 54.2 Å². The Kier molecular flexibility index (Phi) is 9.83. The second-order valence-corrected chi connectivity index (χ2v) is 12.9. The van der Waals surface area contributed by atoms with E-state index in [9.17, 15) is 19.2 Å². The third-order valence-electron chi connectivity index (χ3n) is 9.58. The minimum absolute atomic E-state index is 0.00726. The molecule has 5 aliphatic rings. The molecule has 0 radical (unpaired) electrons. The Hall–Kier alpha value is -2.98. The molecule has 4 amide bonds. The number of carbonyl (C=O) groups is 4. The van der Waals surface area contributed by atoms with Crippen molar-refractivity contribution in [3.8, 4) is 0 Å². The van der Waals surface area contributed by atoms with Crippen molar-refractivity contribution in [3.63, 3.8) is 0 Å². The molecule has 1 aromatic rings. The molecular weight excluding hydrogens is 532 g/mol. The average Bonchev–Trinajstić information content (AvgIpc) is 3.49. The number of hydrogen-bond donors (Lipinski definition) is 3. The highest BCUT2D eigenvalue weighted by Crippen LogP contribution is 2.31. The highest BCUT2D eigenvalue weighted by Gasteiger charge is 2.44. The second-order valence-electron chi connectivity index (χ2n) is 12.9. The summed E-state index contributed by atoms with van der Waals surface area (Å²) in [5.41, 5.74) is -0.0432. The zero-order valence-corrected chi connectivity index (χ0v) is 25.3. The molecule has 0 aromatic heterocycles. The number of carbonyl (C=O) groups excluding carboxylic acids is 4. The summed E-state index contributed by atoms with van der Waals surface area (Å²) in [5, 5.41) is 9.87. The lowest BCUT2D eigenvalue weighted by Crippen LogP contribution is -2.61. The van der Waals surface area contributed by atoms with Crippen LogP contribution in [-0.2, 0) is 14.4 Å². The molecule has 5 saturated heterocycles. The summed E-state index contributed by atoms with van der Waals surface area (Å²) in [6, 6.07) is 9.22. The van der Waals surface area contributed by atoms with Crippen molar-refractivity contribution in [2.75, 3.05) is 39.3 Å². The molecule has 230 valence electrons. The van der Waals surface area contributed by atoms with E-state index in [4.69, 9.17) is 0 Å². The number of hydrogen-bond acceptors (Lipinski definition) is 6. The number of fused-ring (bicyclic) bond motifs is 10. The molecule has 0 aliphatic carbocycles. The van der Waals surface area contributed by atoms with Crippen molar-refractivity contribution in [3.05, 3.63) is 35.9 Å². The fourth-order valence-corrected chi connectivity index (χ4v) is 7.32. The minimum atomic E-state index is -0.697. The van der Waals surface area contributed by atoms with Crippen molar-refractivity contribution in [2.45, 2.75) is 101 Å². The number of piperidine rings is 2. The van der Waals surface area contributed by atoms with Crippen LogP contribution < -0.4 is 16.0 Å². The third kappa shape index (κ3) is 7.14. The number of rotatable bonds is 3. The van der Waals surface area contributed by atoms with Gasteiger partial charge in [-0.1, -0.05) is 32.0 Å². The van der Waals surface area contributed by atoms with Gasteiger partial charge < -0.3 is 25.8 Å². The van der Waals surface area contributed by atoms with Gasteiger partial charge in [-0.25, -0.2) is 0 Å². The van der Waals surface area contributed by atoms with Gasteiger partial charge in [-0.2, -0.15) is 0 Å². The van der Waals surface area contributed by atoms with Gasteiger partial charge in [-0.15, -0.1) is 0 Å². The van der Waals surface area contributed by atoms with Crippen LogP contribution >= 0.6 is 0 Å². The monoisotopic (exact) mass is 580 g/mol. The lowest BCUT2D eigenvalue weighted by Gasteiger charge is -2.44. The third-order valence-corrected chi connectivity index (χ3v) is 9.58. The van der Waals surface area contributed by atoms with Crippen molar-refractivity contribution in [2.24, 2.45) is 0 Å². The Morgan fingerprint density at radius 2 is 1.64 bits per heavy atom. The maximum atomic E-state index is 13.9. The number of nitrogens with one attached hydrogen (secondary N) is 3. The summed E-state index contributed by atoms with van der Waals surface area (Å²) in [5.74, 6) is 0.0172. The first-order valence-electron chi connectivity index (χ1n) is 16.0. The first kappa shape index (κ1) is 30.5. The number of benzene rings is 1. The van der Waals surface area contributed by atoms with Gasteiger partial charge in [0.05, 0.1) is 17.6 Å². The summed E-state index contributed by atoms with van der Waals surface area (Å²) in [4.78, 5) is 59.9. The predicted molar refractivity (Wildman–Crippen MR) is 161 cm³/mol. The average molecular weight is 581 g/mol. The van der Waals surface area contributed by atoms with Crippen LogP contribution in [0.15, 0.2) is 30.3 Å². The molecule has 2 bridgehead atoms. The summed E-state index contributed by atoms with van der Waals surface area (Å²) < 4.78 is 0. The van der Waals surface area contributed by atoms with Crippen molar-refractivity contribution in [1.29, 1.82) is 0 Å². The molecule has 10 heteroatoms. The molecule has 10 nitrogen and oxygen atoms in total. The smallest absolute Gasteiger partial charge is 0.253 e. The Morgan fingerprint density at radius 3 is 2.33 bits per heavy atom. The molecule has 3 N–H and O–H groups in total. The van der Waals surface area contributed by atoms with Crippen LogP contribution in [0, 0.1) is 0 Å². The SMILES string of the molecule is CC(C)N[C@H]1CCCNC(=O)CC2(CCN(C(=O)c3ccccc3)CC2)NC(=O)[C@@H]2CCCN2C2CCN(CC2)C1=O. The van der Waals surface area contributed by atoms with E-state index >= 15 is 0 Å². The van der Waals surface area contributed by atoms with Crippen LogP contribution in [0.3, 0.4) is 0 Å². The molecule has 1 spiro atoms. The Morgan fingerprint density at radius 1 is 0.929 bits per heavy atom. The zero-order chi connectivity index (χ0) is 29.7. The molecule has 5 aliphatic heterocycles. The first-order chi connectivity index (χ1) is 20.2. The molecule has 0 unspecified atom stereocenters. The standard InChI is InChI=1S/C32H48N6O4/c1-23(2)34-26-10-6-16-33-28(39)22-32(14-20-37(21-15-32)30(41)24-8-4-3-5-9-24)35-29(40)27-11-7-17-38(27)25-12-18-36(19-13-25)31(26)42/h3-5,8-9,23,25-27,34H,6-7,10-22H2,1-2H3,(H,33,39)(H,35,40)/t26-,27-/m0/s1. The van der Waals surface area contributed by atoms with Gasteiger partial charge in [0, 0.05) is 56.8 Å². The summed E-state index contributed by atoms with van der Waals surface area (Å²) in [6.07, 6.45) is 6.09. The number of amides is 4. The quantitative estimate of drug-likeness (QED) is 0.504. The number of nitrogens with zero attached hydrogens (tertiary/aromatic N) is 3. The van der Waals surface area contributed by atoms with Crippen LogP contribution in [0.2, 0.25) is 0 Å².